The lowest BCUT2D eigenvalue weighted by Gasteiger charge is -2.29. The first-order chi connectivity index (χ1) is 17.3. The molecule has 0 spiro atoms. The lowest BCUT2D eigenvalue weighted by atomic mass is 9.76. The Morgan fingerprint density at radius 1 is 0.743 bits per heavy atom. The number of hydrogen-bond acceptors (Lipinski definition) is 2. The molecule has 0 atom stereocenters. The summed E-state index contributed by atoms with van der Waals surface area (Å²) in [5.74, 6) is 1.44. The molecule has 0 aromatic heterocycles. The van der Waals surface area contributed by atoms with Gasteiger partial charge in [-0.25, -0.2) is 0 Å². The maximum absolute atomic E-state index is 4.81. The number of aryl methyl sites for hydroxylation is 1. The van der Waals surface area contributed by atoms with Gasteiger partial charge >= 0.3 is 0 Å². The van der Waals surface area contributed by atoms with Crippen LogP contribution in [0.5, 0.6) is 0 Å². The molecule has 2 aromatic carbocycles. The highest BCUT2D eigenvalue weighted by molar-refractivity contribution is 6.02. The van der Waals surface area contributed by atoms with Crippen LogP contribution in [0.4, 0.5) is 0 Å². The molecule has 1 aliphatic rings. The molecule has 0 heterocycles. The van der Waals surface area contributed by atoms with Gasteiger partial charge in [-0.1, -0.05) is 126 Å². The summed E-state index contributed by atoms with van der Waals surface area (Å²) in [4.78, 5) is 0. The highest BCUT2D eigenvalue weighted by Crippen LogP contribution is 2.34. The van der Waals surface area contributed by atoms with Crippen LogP contribution in [0, 0.1) is 11.8 Å². The Morgan fingerprint density at radius 3 is 2.09 bits per heavy atom. The zero-order chi connectivity index (χ0) is 24.6. The SMILES string of the molecule is CCCCCCCC1CCC(C(=NN=Cc2ccc(CCCCCC)cc2)c2ccccc2)CC1. The van der Waals surface area contributed by atoms with Gasteiger partial charge in [0.05, 0.1) is 11.9 Å². The fourth-order valence-corrected chi connectivity index (χ4v) is 5.43. The van der Waals surface area contributed by atoms with Gasteiger partial charge in [0.15, 0.2) is 0 Å². The van der Waals surface area contributed by atoms with Gasteiger partial charge in [0, 0.05) is 5.92 Å². The zero-order valence-corrected chi connectivity index (χ0v) is 22.4. The lowest BCUT2D eigenvalue weighted by molar-refractivity contribution is 0.298. The van der Waals surface area contributed by atoms with E-state index in [1.54, 1.807) is 0 Å². The van der Waals surface area contributed by atoms with Crippen LogP contribution in [0.2, 0.25) is 0 Å². The van der Waals surface area contributed by atoms with Crippen molar-refractivity contribution < 1.29 is 0 Å². The minimum Gasteiger partial charge on any atom is -0.158 e. The Balaban J connectivity index is 1.56. The molecule has 1 aliphatic carbocycles. The van der Waals surface area contributed by atoms with Gasteiger partial charge in [-0.05, 0) is 61.1 Å². The first-order valence-corrected chi connectivity index (χ1v) is 14.6. The van der Waals surface area contributed by atoms with E-state index in [4.69, 9.17) is 5.10 Å². The van der Waals surface area contributed by atoms with Crippen molar-refractivity contribution in [1.82, 2.24) is 0 Å². The first-order valence-electron chi connectivity index (χ1n) is 14.6. The van der Waals surface area contributed by atoms with E-state index >= 15 is 0 Å². The summed E-state index contributed by atoms with van der Waals surface area (Å²) in [6, 6.07) is 19.6. The van der Waals surface area contributed by atoms with E-state index in [1.807, 2.05) is 6.21 Å². The van der Waals surface area contributed by atoms with Crippen molar-refractivity contribution in [2.75, 3.05) is 0 Å². The van der Waals surface area contributed by atoms with Crippen LogP contribution in [-0.4, -0.2) is 11.9 Å². The van der Waals surface area contributed by atoms with Crippen LogP contribution in [-0.2, 0) is 6.42 Å². The summed E-state index contributed by atoms with van der Waals surface area (Å²) in [5.41, 5.74) is 4.96. The fraction of sp³-hybridized carbons (Fsp3) is 0.576. The molecule has 0 saturated heterocycles. The second-order valence-corrected chi connectivity index (χ2v) is 10.6. The smallest absolute Gasteiger partial charge is 0.0733 e. The highest BCUT2D eigenvalue weighted by Gasteiger charge is 2.25. The third kappa shape index (κ3) is 10.1. The van der Waals surface area contributed by atoms with Gasteiger partial charge in [0.1, 0.15) is 0 Å². The standard InChI is InChI=1S/C33H48N2/c1-3-5-7-9-12-16-29-23-25-32(26-24-29)33(31-17-13-10-14-18-31)35-34-27-30-21-19-28(20-22-30)15-11-8-6-4-2/h10,13-14,17-22,27,29,32H,3-9,11-12,15-16,23-26H2,1-2H3. The van der Waals surface area contributed by atoms with Crippen LogP contribution in [0.15, 0.2) is 64.8 Å². The van der Waals surface area contributed by atoms with Crippen molar-refractivity contribution in [2.45, 2.75) is 110 Å². The summed E-state index contributed by atoms with van der Waals surface area (Å²) in [7, 11) is 0. The molecule has 2 nitrogen and oxygen atoms in total. The predicted molar refractivity (Wildman–Crippen MR) is 154 cm³/mol. The molecule has 0 N–H and O–H groups in total. The number of benzene rings is 2. The molecule has 3 rings (SSSR count). The topological polar surface area (TPSA) is 24.7 Å². The highest BCUT2D eigenvalue weighted by atomic mass is 15.2. The van der Waals surface area contributed by atoms with Gasteiger partial charge in [0.2, 0.25) is 0 Å². The Hall–Kier alpha value is -2.22. The quantitative estimate of drug-likeness (QED) is 0.140. The van der Waals surface area contributed by atoms with E-state index in [9.17, 15) is 0 Å². The van der Waals surface area contributed by atoms with E-state index < -0.39 is 0 Å². The number of hydrogen-bond donors (Lipinski definition) is 0. The van der Waals surface area contributed by atoms with Crippen LogP contribution in [0.1, 0.15) is 120 Å². The number of unbranched alkanes of at least 4 members (excludes halogenated alkanes) is 7. The van der Waals surface area contributed by atoms with Gasteiger partial charge in [-0.2, -0.15) is 10.2 Å². The molecular weight excluding hydrogens is 424 g/mol. The third-order valence-corrected chi connectivity index (χ3v) is 7.69. The monoisotopic (exact) mass is 472 g/mol. The summed E-state index contributed by atoms with van der Waals surface area (Å²) in [6.45, 7) is 4.56. The Morgan fingerprint density at radius 2 is 1.40 bits per heavy atom. The van der Waals surface area contributed by atoms with E-state index in [0.29, 0.717) is 5.92 Å². The van der Waals surface area contributed by atoms with Crippen LogP contribution >= 0.6 is 0 Å². The van der Waals surface area contributed by atoms with Gasteiger partial charge in [0.25, 0.3) is 0 Å². The molecule has 35 heavy (non-hydrogen) atoms. The Kier molecular flexibility index (Phi) is 12.9. The second kappa shape index (κ2) is 16.5. The Bertz CT molecular complexity index is 858. The van der Waals surface area contributed by atoms with Crippen molar-refractivity contribution in [3.8, 4) is 0 Å². The molecule has 0 unspecified atom stereocenters. The van der Waals surface area contributed by atoms with Gasteiger partial charge in [-0.3, -0.25) is 0 Å². The maximum atomic E-state index is 4.81. The van der Waals surface area contributed by atoms with Crippen LogP contribution < -0.4 is 0 Å². The van der Waals surface area contributed by atoms with Crippen LogP contribution in [0.25, 0.3) is 0 Å². The third-order valence-electron chi connectivity index (χ3n) is 7.69. The minimum absolute atomic E-state index is 0.524. The summed E-state index contributed by atoms with van der Waals surface area (Å²) in [5, 5.41) is 9.38. The number of rotatable bonds is 15. The zero-order valence-electron chi connectivity index (χ0n) is 22.4. The molecule has 1 fully saturated rings. The van der Waals surface area contributed by atoms with E-state index in [0.717, 1.165) is 11.5 Å². The lowest BCUT2D eigenvalue weighted by Crippen LogP contribution is -2.22. The van der Waals surface area contributed by atoms with Crippen molar-refractivity contribution >= 4 is 11.9 Å². The molecule has 190 valence electrons. The predicted octanol–water partition coefficient (Wildman–Crippen LogP) is 9.80. The molecule has 2 aromatic rings. The molecule has 2 heteroatoms. The van der Waals surface area contributed by atoms with Crippen LogP contribution in [0.3, 0.4) is 0 Å². The average molecular weight is 473 g/mol. The number of nitrogens with zero attached hydrogens (tertiary/aromatic N) is 2. The molecular formula is C33H48N2. The van der Waals surface area contributed by atoms with Crippen molar-refractivity contribution in [2.24, 2.45) is 22.0 Å². The van der Waals surface area contributed by atoms with Gasteiger partial charge in [-0.15, -0.1) is 0 Å². The van der Waals surface area contributed by atoms with Gasteiger partial charge < -0.3 is 0 Å². The van der Waals surface area contributed by atoms with E-state index in [-0.39, 0.29) is 0 Å². The molecule has 1 saturated carbocycles. The molecule has 0 radical (unpaired) electrons. The largest absolute Gasteiger partial charge is 0.158 e. The van der Waals surface area contributed by atoms with Crippen molar-refractivity contribution in [3.63, 3.8) is 0 Å². The summed E-state index contributed by atoms with van der Waals surface area (Å²) < 4.78 is 0. The fourth-order valence-electron chi connectivity index (χ4n) is 5.43. The first kappa shape index (κ1) is 27.4. The second-order valence-electron chi connectivity index (χ2n) is 10.6. The van der Waals surface area contributed by atoms with E-state index in [2.05, 4.69) is 73.5 Å². The summed E-state index contributed by atoms with van der Waals surface area (Å²) in [6.07, 6.45) is 21.9. The van der Waals surface area contributed by atoms with Crippen molar-refractivity contribution in [3.05, 3.63) is 71.3 Å². The van der Waals surface area contributed by atoms with Crippen molar-refractivity contribution in [1.29, 1.82) is 0 Å². The minimum atomic E-state index is 0.524. The average Bonchev–Trinajstić information content (AvgIpc) is 2.91. The molecule has 0 bridgehead atoms. The summed E-state index contributed by atoms with van der Waals surface area (Å²) >= 11 is 0. The normalized spacial score (nSPS) is 18.9. The Labute approximate surface area is 215 Å². The maximum Gasteiger partial charge on any atom is 0.0733 e. The molecule has 0 amide bonds. The van der Waals surface area contributed by atoms with E-state index in [1.165, 1.54) is 113 Å². The molecule has 0 aliphatic heterocycles.